The number of carbonyl (C=O) groups is 1. The van der Waals surface area contributed by atoms with E-state index >= 15 is 0 Å². The van der Waals surface area contributed by atoms with Crippen molar-refractivity contribution in [3.05, 3.63) is 90.0 Å². The fourth-order valence-electron chi connectivity index (χ4n) is 3.28. The molecule has 1 amide bonds. The predicted octanol–water partition coefficient (Wildman–Crippen LogP) is 6.40. The Hall–Kier alpha value is -3.27. The molecule has 1 atom stereocenters. The first kappa shape index (κ1) is 23.4. The van der Waals surface area contributed by atoms with Gasteiger partial charge in [0.2, 0.25) is 0 Å². The summed E-state index contributed by atoms with van der Waals surface area (Å²) in [5.74, 6) is 1.28. The zero-order chi connectivity index (χ0) is 23.0. The largest absolute Gasteiger partial charge is 0.494 e. The van der Waals surface area contributed by atoms with Crippen LogP contribution < -0.4 is 14.8 Å². The molecule has 4 nitrogen and oxygen atoms in total. The lowest BCUT2D eigenvalue weighted by Gasteiger charge is -2.20. The lowest BCUT2D eigenvalue weighted by Crippen LogP contribution is -2.30. The van der Waals surface area contributed by atoms with E-state index < -0.39 is 6.10 Å². The van der Waals surface area contributed by atoms with Crippen LogP contribution in [0.2, 0.25) is 0 Å². The molecule has 0 bridgehead atoms. The average molecular weight is 432 g/mol. The minimum Gasteiger partial charge on any atom is -0.494 e. The second-order valence-corrected chi connectivity index (χ2v) is 8.99. The third kappa shape index (κ3) is 7.16. The average Bonchev–Trinajstić information content (AvgIpc) is 2.78. The quantitative estimate of drug-likeness (QED) is 0.399. The van der Waals surface area contributed by atoms with Gasteiger partial charge in [-0.05, 0) is 72.7 Å². The van der Waals surface area contributed by atoms with Crippen molar-refractivity contribution in [3.63, 3.8) is 0 Å². The monoisotopic (exact) mass is 431 g/mol. The molecule has 0 radical (unpaired) electrons. The molecule has 0 fully saturated rings. The van der Waals surface area contributed by atoms with Gasteiger partial charge in [0.25, 0.3) is 5.91 Å². The van der Waals surface area contributed by atoms with Crippen LogP contribution in [0.5, 0.6) is 11.5 Å². The van der Waals surface area contributed by atoms with Gasteiger partial charge in [0.1, 0.15) is 11.5 Å². The van der Waals surface area contributed by atoms with Crippen LogP contribution in [0.3, 0.4) is 0 Å². The van der Waals surface area contributed by atoms with Crippen molar-refractivity contribution in [2.45, 2.75) is 52.1 Å². The van der Waals surface area contributed by atoms with Gasteiger partial charge in [-0.1, -0.05) is 63.2 Å². The van der Waals surface area contributed by atoms with Crippen molar-refractivity contribution < 1.29 is 14.3 Å². The van der Waals surface area contributed by atoms with Gasteiger partial charge in [0.05, 0.1) is 6.61 Å². The lowest BCUT2D eigenvalue weighted by molar-refractivity contribution is -0.122. The van der Waals surface area contributed by atoms with Crippen molar-refractivity contribution in [1.29, 1.82) is 0 Å². The van der Waals surface area contributed by atoms with Gasteiger partial charge in [0, 0.05) is 5.69 Å². The number of carbonyl (C=O) groups excluding carboxylic acids is 1. The normalized spacial score (nSPS) is 12.1. The molecule has 3 aromatic rings. The standard InChI is InChI=1S/C28H33NO3/c1-21(32-26-16-12-23(13-17-26)28(2,3)4)27(30)29-24-14-18-25(19-15-24)31-20-8-11-22-9-6-5-7-10-22/h5-7,9-10,12-19,21H,8,11,20H2,1-4H3,(H,29,30). The second-order valence-electron chi connectivity index (χ2n) is 8.99. The van der Waals surface area contributed by atoms with E-state index in [1.165, 1.54) is 11.1 Å². The van der Waals surface area contributed by atoms with Crippen LogP contribution in [0.1, 0.15) is 45.2 Å². The van der Waals surface area contributed by atoms with Gasteiger partial charge in [-0.3, -0.25) is 4.79 Å². The minimum absolute atomic E-state index is 0.0826. The molecule has 32 heavy (non-hydrogen) atoms. The number of anilines is 1. The van der Waals surface area contributed by atoms with E-state index in [-0.39, 0.29) is 11.3 Å². The number of ether oxygens (including phenoxy) is 2. The van der Waals surface area contributed by atoms with E-state index in [1.54, 1.807) is 6.92 Å². The first-order valence-corrected chi connectivity index (χ1v) is 11.2. The van der Waals surface area contributed by atoms with Gasteiger partial charge in [-0.25, -0.2) is 0 Å². The molecular weight excluding hydrogens is 398 g/mol. The summed E-state index contributed by atoms with van der Waals surface area (Å²) in [5.41, 5.74) is 3.34. The molecule has 0 aromatic heterocycles. The van der Waals surface area contributed by atoms with Crippen molar-refractivity contribution in [1.82, 2.24) is 0 Å². The highest BCUT2D eigenvalue weighted by atomic mass is 16.5. The van der Waals surface area contributed by atoms with Crippen LogP contribution in [0.15, 0.2) is 78.9 Å². The number of hydrogen-bond acceptors (Lipinski definition) is 3. The van der Waals surface area contributed by atoms with Crippen molar-refractivity contribution in [2.75, 3.05) is 11.9 Å². The second kappa shape index (κ2) is 10.9. The van der Waals surface area contributed by atoms with Crippen LogP contribution in [-0.4, -0.2) is 18.6 Å². The van der Waals surface area contributed by atoms with E-state index in [9.17, 15) is 4.79 Å². The maximum Gasteiger partial charge on any atom is 0.265 e. The Balaban J connectivity index is 1.43. The summed E-state index contributed by atoms with van der Waals surface area (Å²) in [5, 5.41) is 2.89. The van der Waals surface area contributed by atoms with E-state index in [2.05, 4.69) is 50.4 Å². The topological polar surface area (TPSA) is 47.6 Å². The molecule has 3 rings (SSSR count). The molecule has 3 aromatic carbocycles. The number of amides is 1. The Labute approximate surface area is 191 Å². The van der Waals surface area contributed by atoms with E-state index in [1.807, 2.05) is 54.6 Å². The summed E-state index contributed by atoms with van der Waals surface area (Å²) in [4.78, 5) is 12.5. The molecule has 1 unspecified atom stereocenters. The number of hydrogen-bond donors (Lipinski definition) is 1. The van der Waals surface area contributed by atoms with Crippen LogP contribution in [0.25, 0.3) is 0 Å². The Morgan fingerprint density at radius 1 is 0.875 bits per heavy atom. The van der Waals surface area contributed by atoms with E-state index in [0.29, 0.717) is 18.0 Å². The molecule has 0 saturated heterocycles. The van der Waals surface area contributed by atoms with Gasteiger partial charge in [-0.2, -0.15) is 0 Å². The van der Waals surface area contributed by atoms with Crippen molar-refractivity contribution in [3.8, 4) is 11.5 Å². The molecular formula is C28H33NO3. The molecule has 0 aliphatic heterocycles. The number of rotatable bonds is 9. The molecule has 0 aliphatic rings. The number of benzene rings is 3. The number of aryl methyl sites for hydroxylation is 1. The van der Waals surface area contributed by atoms with Gasteiger partial charge in [-0.15, -0.1) is 0 Å². The summed E-state index contributed by atoms with van der Waals surface area (Å²) in [6.45, 7) is 8.90. The summed E-state index contributed by atoms with van der Waals surface area (Å²) in [6, 6.07) is 25.7. The van der Waals surface area contributed by atoms with Crippen LogP contribution in [-0.2, 0) is 16.6 Å². The first-order valence-electron chi connectivity index (χ1n) is 11.2. The van der Waals surface area contributed by atoms with Gasteiger partial charge < -0.3 is 14.8 Å². The van der Waals surface area contributed by atoms with Crippen LogP contribution in [0.4, 0.5) is 5.69 Å². The van der Waals surface area contributed by atoms with Gasteiger partial charge >= 0.3 is 0 Å². The lowest BCUT2D eigenvalue weighted by atomic mass is 9.87. The number of nitrogens with one attached hydrogen (secondary N) is 1. The maximum atomic E-state index is 12.5. The summed E-state index contributed by atoms with van der Waals surface area (Å²) in [7, 11) is 0. The fourth-order valence-corrected chi connectivity index (χ4v) is 3.28. The summed E-state index contributed by atoms with van der Waals surface area (Å²) in [6.07, 6.45) is 1.34. The van der Waals surface area contributed by atoms with Crippen molar-refractivity contribution >= 4 is 11.6 Å². The molecule has 0 spiro atoms. The minimum atomic E-state index is -0.607. The molecule has 0 aliphatic carbocycles. The van der Waals surface area contributed by atoms with Crippen molar-refractivity contribution in [2.24, 2.45) is 0 Å². The molecule has 168 valence electrons. The highest BCUT2D eigenvalue weighted by Crippen LogP contribution is 2.25. The SMILES string of the molecule is CC(Oc1ccc(C(C)(C)C)cc1)C(=O)Nc1ccc(OCCCc2ccccc2)cc1. The third-order valence-electron chi connectivity index (χ3n) is 5.25. The van der Waals surface area contributed by atoms with Gasteiger partial charge in [0.15, 0.2) is 6.10 Å². The molecule has 1 N–H and O–H groups in total. The zero-order valence-electron chi connectivity index (χ0n) is 19.4. The predicted molar refractivity (Wildman–Crippen MR) is 131 cm³/mol. The Morgan fingerprint density at radius 2 is 1.50 bits per heavy atom. The first-order chi connectivity index (χ1) is 15.3. The molecule has 4 heteroatoms. The smallest absolute Gasteiger partial charge is 0.265 e. The van der Waals surface area contributed by atoms with E-state index in [0.717, 1.165) is 18.6 Å². The van der Waals surface area contributed by atoms with Crippen LogP contribution in [0, 0.1) is 0 Å². The fraction of sp³-hybridized carbons (Fsp3) is 0.321. The summed E-state index contributed by atoms with van der Waals surface area (Å²) < 4.78 is 11.6. The Bertz CT molecular complexity index is 974. The molecule has 0 saturated carbocycles. The zero-order valence-corrected chi connectivity index (χ0v) is 19.4. The third-order valence-corrected chi connectivity index (χ3v) is 5.25. The highest BCUT2D eigenvalue weighted by molar-refractivity contribution is 5.94. The molecule has 0 heterocycles. The summed E-state index contributed by atoms with van der Waals surface area (Å²) >= 11 is 0. The van der Waals surface area contributed by atoms with Crippen LogP contribution >= 0.6 is 0 Å². The van der Waals surface area contributed by atoms with E-state index in [4.69, 9.17) is 9.47 Å². The Morgan fingerprint density at radius 3 is 2.12 bits per heavy atom. The highest BCUT2D eigenvalue weighted by Gasteiger charge is 2.17. The maximum absolute atomic E-state index is 12.5. The Kier molecular flexibility index (Phi) is 7.93.